The smallest absolute Gasteiger partial charge is 0.0741 e. The van der Waals surface area contributed by atoms with E-state index in [1.165, 1.54) is 16.8 Å². The highest BCUT2D eigenvalue weighted by molar-refractivity contribution is 5.55. The molecule has 1 aromatic rings. The summed E-state index contributed by atoms with van der Waals surface area (Å²) < 4.78 is 5.07. The SMILES string of the molecule is COCCNCc1cc(C)ccc1N1CCC(C)C(O)C1. The predicted octanol–water partition coefficient (Wildman–Crippen LogP) is 1.94. The van der Waals surface area contributed by atoms with Crippen molar-refractivity contribution in [2.24, 2.45) is 5.92 Å². The van der Waals surface area contributed by atoms with Gasteiger partial charge in [-0.05, 0) is 30.9 Å². The van der Waals surface area contributed by atoms with Gasteiger partial charge in [0.05, 0.1) is 12.7 Å². The molecule has 0 aromatic heterocycles. The Morgan fingerprint density at radius 1 is 1.43 bits per heavy atom. The Kier molecular flexibility index (Phi) is 6.03. The molecule has 118 valence electrons. The van der Waals surface area contributed by atoms with E-state index in [4.69, 9.17) is 4.74 Å². The molecule has 0 bridgehead atoms. The van der Waals surface area contributed by atoms with Gasteiger partial charge in [-0.3, -0.25) is 0 Å². The summed E-state index contributed by atoms with van der Waals surface area (Å²) in [6, 6.07) is 6.57. The van der Waals surface area contributed by atoms with E-state index in [1.807, 2.05) is 0 Å². The van der Waals surface area contributed by atoms with Gasteiger partial charge in [0.15, 0.2) is 0 Å². The summed E-state index contributed by atoms with van der Waals surface area (Å²) in [6.07, 6.45) is 0.820. The van der Waals surface area contributed by atoms with E-state index in [-0.39, 0.29) is 6.10 Å². The van der Waals surface area contributed by atoms with Gasteiger partial charge in [0.1, 0.15) is 0 Å². The number of piperidine rings is 1. The number of methoxy groups -OCH3 is 1. The van der Waals surface area contributed by atoms with Crippen LogP contribution >= 0.6 is 0 Å². The van der Waals surface area contributed by atoms with Crippen molar-refractivity contribution < 1.29 is 9.84 Å². The Morgan fingerprint density at radius 3 is 2.95 bits per heavy atom. The van der Waals surface area contributed by atoms with E-state index < -0.39 is 0 Å². The van der Waals surface area contributed by atoms with Crippen molar-refractivity contribution in [2.75, 3.05) is 38.3 Å². The molecule has 2 rings (SSSR count). The zero-order valence-corrected chi connectivity index (χ0v) is 13.4. The van der Waals surface area contributed by atoms with Crippen LogP contribution in [0.2, 0.25) is 0 Å². The Bertz CT molecular complexity index is 450. The number of aryl methyl sites for hydroxylation is 1. The third-order valence-corrected chi connectivity index (χ3v) is 4.29. The normalized spacial score (nSPS) is 22.6. The Labute approximate surface area is 128 Å². The van der Waals surface area contributed by atoms with Crippen LogP contribution < -0.4 is 10.2 Å². The van der Waals surface area contributed by atoms with Crippen molar-refractivity contribution in [2.45, 2.75) is 32.9 Å². The van der Waals surface area contributed by atoms with Gasteiger partial charge in [-0.25, -0.2) is 0 Å². The summed E-state index contributed by atoms with van der Waals surface area (Å²) >= 11 is 0. The van der Waals surface area contributed by atoms with Gasteiger partial charge in [0.2, 0.25) is 0 Å². The lowest BCUT2D eigenvalue weighted by Crippen LogP contribution is -2.43. The molecule has 2 unspecified atom stereocenters. The Balaban J connectivity index is 2.07. The summed E-state index contributed by atoms with van der Waals surface area (Å²) in [5.41, 5.74) is 3.82. The second kappa shape index (κ2) is 7.78. The zero-order valence-electron chi connectivity index (χ0n) is 13.4. The predicted molar refractivity (Wildman–Crippen MR) is 86.8 cm³/mol. The number of aliphatic hydroxyl groups excluding tert-OH is 1. The number of anilines is 1. The first-order chi connectivity index (χ1) is 10.1. The minimum absolute atomic E-state index is 0.227. The molecule has 1 fully saturated rings. The van der Waals surface area contributed by atoms with Crippen LogP contribution in [-0.4, -0.2) is 44.6 Å². The highest BCUT2D eigenvalue weighted by Crippen LogP contribution is 2.27. The van der Waals surface area contributed by atoms with Crippen molar-refractivity contribution in [1.82, 2.24) is 5.32 Å². The van der Waals surface area contributed by atoms with Crippen molar-refractivity contribution in [1.29, 1.82) is 0 Å². The topological polar surface area (TPSA) is 44.7 Å². The van der Waals surface area contributed by atoms with Crippen LogP contribution in [0.15, 0.2) is 18.2 Å². The minimum atomic E-state index is -0.227. The summed E-state index contributed by atoms with van der Waals surface area (Å²) in [6.45, 7) is 8.41. The summed E-state index contributed by atoms with van der Waals surface area (Å²) in [5, 5.41) is 13.5. The van der Waals surface area contributed by atoms with E-state index in [0.717, 1.165) is 39.2 Å². The third kappa shape index (κ3) is 4.43. The number of nitrogens with zero attached hydrogens (tertiary/aromatic N) is 1. The summed E-state index contributed by atoms with van der Waals surface area (Å²) in [7, 11) is 1.72. The van der Waals surface area contributed by atoms with Crippen molar-refractivity contribution in [3.05, 3.63) is 29.3 Å². The average Bonchev–Trinajstić information content (AvgIpc) is 2.47. The first kappa shape index (κ1) is 16.3. The number of hydrogen-bond acceptors (Lipinski definition) is 4. The van der Waals surface area contributed by atoms with Gasteiger partial charge < -0.3 is 20.1 Å². The fourth-order valence-corrected chi connectivity index (χ4v) is 2.83. The molecule has 0 saturated carbocycles. The first-order valence-corrected chi connectivity index (χ1v) is 7.84. The molecule has 4 heteroatoms. The Morgan fingerprint density at radius 2 is 2.24 bits per heavy atom. The number of aliphatic hydroxyl groups is 1. The molecule has 4 nitrogen and oxygen atoms in total. The number of β-amino-alcohol motifs (C(OH)–C–C–N with tert-alkyl or cyclic N) is 1. The molecule has 0 radical (unpaired) electrons. The molecule has 1 heterocycles. The maximum absolute atomic E-state index is 10.1. The molecule has 1 aliphatic rings. The van der Waals surface area contributed by atoms with Crippen LogP contribution in [-0.2, 0) is 11.3 Å². The van der Waals surface area contributed by atoms with E-state index in [1.54, 1.807) is 7.11 Å². The van der Waals surface area contributed by atoms with Crippen molar-refractivity contribution in [3.8, 4) is 0 Å². The molecule has 1 aliphatic heterocycles. The standard InChI is InChI=1S/C17H28N2O2/c1-13-4-5-16(15(10-13)11-18-7-9-21-3)19-8-6-14(2)17(20)12-19/h4-5,10,14,17-18,20H,6-9,11-12H2,1-3H3. The van der Waals surface area contributed by atoms with Gasteiger partial charge in [-0.15, -0.1) is 0 Å². The van der Waals surface area contributed by atoms with Crippen LogP contribution in [0.4, 0.5) is 5.69 Å². The van der Waals surface area contributed by atoms with Gasteiger partial charge in [0.25, 0.3) is 0 Å². The fraction of sp³-hybridized carbons (Fsp3) is 0.647. The molecule has 0 aliphatic carbocycles. The van der Waals surface area contributed by atoms with E-state index in [2.05, 4.69) is 42.3 Å². The lowest BCUT2D eigenvalue weighted by molar-refractivity contribution is 0.103. The van der Waals surface area contributed by atoms with Crippen LogP contribution in [0.25, 0.3) is 0 Å². The summed E-state index contributed by atoms with van der Waals surface area (Å²) in [4.78, 5) is 2.32. The van der Waals surface area contributed by atoms with E-state index in [9.17, 15) is 5.11 Å². The average molecular weight is 292 g/mol. The molecule has 1 aromatic carbocycles. The fourth-order valence-electron chi connectivity index (χ4n) is 2.83. The lowest BCUT2D eigenvalue weighted by atomic mass is 9.95. The highest BCUT2D eigenvalue weighted by Gasteiger charge is 2.25. The molecule has 0 spiro atoms. The monoisotopic (exact) mass is 292 g/mol. The number of hydrogen-bond donors (Lipinski definition) is 2. The van der Waals surface area contributed by atoms with Crippen LogP contribution in [0.3, 0.4) is 0 Å². The van der Waals surface area contributed by atoms with E-state index >= 15 is 0 Å². The molecular weight excluding hydrogens is 264 g/mol. The van der Waals surface area contributed by atoms with Crippen molar-refractivity contribution in [3.63, 3.8) is 0 Å². The number of ether oxygens (including phenoxy) is 1. The molecule has 0 amide bonds. The molecule has 1 saturated heterocycles. The highest BCUT2D eigenvalue weighted by atomic mass is 16.5. The largest absolute Gasteiger partial charge is 0.391 e. The minimum Gasteiger partial charge on any atom is -0.391 e. The van der Waals surface area contributed by atoms with Gasteiger partial charge >= 0.3 is 0 Å². The molecule has 2 atom stereocenters. The molecule has 2 N–H and O–H groups in total. The second-order valence-corrected chi connectivity index (χ2v) is 6.08. The third-order valence-electron chi connectivity index (χ3n) is 4.29. The number of rotatable bonds is 6. The maximum Gasteiger partial charge on any atom is 0.0741 e. The van der Waals surface area contributed by atoms with Gasteiger partial charge in [-0.2, -0.15) is 0 Å². The van der Waals surface area contributed by atoms with Crippen molar-refractivity contribution >= 4 is 5.69 Å². The van der Waals surface area contributed by atoms with Crippen LogP contribution in [0.5, 0.6) is 0 Å². The number of nitrogens with one attached hydrogen (secondary N) is 1. The van der Waals surface area contributed by atoms with Gasteiger partial charge in [-0.1, -0.05) is 24.6 Å². The summed E-state index contributed by atoms with van der Waals surface area (Å²) in [5.74, 6) is 0.398. The second-order valence-electron chi connectivity index (χ2n) is 6.08. The number of benzene rings is 1. The first-order valence-electron chi connectivity index (χ1n) is 7.84. The van der Waals surface area contributed by atoms with Crippen LogP contribution in [0.1, 0.15) is 24.5 Å². The van der Waals surface area contributed by atoms with E-state index in [0.29, 0.717) is 5.92 Å². The lowest BCUT2D eigenvalue weighted by Gasteiger charge is -2.37. The molecule has 21 heavy (non-hydrogen) atoms. The molecular formula is C17H28N2O2. The Hall–Kier alpha value is -1.10. The van der Waals surface area contributed by atoms with Gasteiger partial charge in [0, 0.05) is 39.0 Å². The maximum atomic E-state index is 10.1. The zero-order chi connectivity index (χ0) is 15.2. The quantitative estimate of drug-likeness (QED) is 0.787. The van der Waals surface area contributed by atoms with Crippen LogP contribution in [0, 0.1) is 12.8 Å².